The third-order valence-electron chi connectivity index (χ3n) is 2.60. The minimum Gasteiger partial charge on any atom is -0.461 e. The maximum Gasteiger partial charge on any atom is 0.169 e. The summed E-state index contributed by atoms with van der Waals surface area (Å²) in [5.41, 5.74) is 1.33. The van der Waals surface area contributed by atoms with Crippen LogP contribution in [0, 0.1) is 5.82 Å². The summed E-state index contributed by atoms with van der Waals surface area (Å²) in [4.78, 5) is 0. The second kappa shape index (κ2) is 4.03. The number of nitrogens with one attached hydrogen (secondary N) is 1. The standard InChI is InChI=1S/C12H14FNO/c1-8(14-2)5-9-6-10-3-4-15-12(10)11(13)7-9/h3-4,6-8,14H,5H2,1-2H3/t8-/m1/s1. The van der Waals surface area contributed by atoms with Gasteiger partial charge in [0, 0.05) is 11.4 Å². The number of furan rings is 1. The van der Waals surface area contributed by atoms with E-state index in [4.69, 9.17) is 4.42 Å². The zero-order valence-electron chi connectivity index (χ0n) is 8.88. The summed E-state index contributed by atoms with van der Waals surface area (Å²) in [7, 11) is 1.90. The van der Waals surface area contributed by atoms with E-state index in [9.17, 15) is 4.39 Å². The Morgan fingerprint density at radius 2 is 2.27 bits per heavy atom. The van der Waals surface area contributed by atoms with E-state index in [1.807, 2.05) is 13.1 Å². The van der Waals surface area contributed by atoms with Crippen LogP contribution in [0.15, 0.2) is 28.9 Å². The van der Waals surface area contributed by atoms with E-state index in [2.05, 4.69) is 12.2 Å². The monoisotopic (exact) mass is 207 g/mol. The van der Waals surface area contributed by atoms with Gasteiger partial charge in [0.2, 0.25) is 0 Å². The second-order valence-corrected chi connectivity index (χ2v) is 3.81. The van der Waals surface area contributed by atoms with Gasteiger partial charge in [-0.3, -0.25) is 0 Å². The number of halogens is 1. The summed E-state index contributed by atoms with van der Waals surface area (Å²) in [5, 5.41) is 3.96. The van der Waals surface area contributed by atoms with Crippen molar-refractivity contribution in [3.63, 3.8) is 0 Å². The molecule has 1 atom stereocenters. The van der Waals surface area contributed by atoms with E-state index in [0.717, 1.165) is 17.4 Å². The van der Waals surface area contributed by atoms with Crippen LogP contribution in [0.1, 0.15) is 12.5 Å². The van der Waals surface area contributed by atoms with Gasteiger partial charge >= 0.3 is 0 Å². The third-order valence-corrected chi connectivity index (χ3v) is 2.60. The molecule has 15 heavy (non-hydrogen) atoms. The molecule has 3 heteroatoms. The Labute approximate surface area is 88.1 Å². The topological polar surface area (TPSA) is 25.2 Å². The van der Waals surface area contributed by atoms with Gasteiger partial charge in [0.15, 0.2) is 11.4 Å². The molecule has 1 heterocycles. The van der Waals surface area contributed by atoms with Crippen LogP contribution in [0.3, 0.4) is 0 Å². The molecule has 1 aromatic heterocycles. The van der Waals surface area contributed by atoms with Gasteiger partial charge in [-0.2, -0.15) is 0 Å². The predicted molar refractivity (Wildman–Crippen MR) is 58.4 cm³/mol. The zero-order chi connectivity index (χ0) is 10.8. The molecule has 2 nitrogen and oxygen atoms in total. The minimum atomic E-state index is -0.282. The molecule has 0 fully saturated rings. The fourth-order valence-corrected chi connectivity index (χ4v) is 1.67. The van der Waals surface area contributed by atoms with Gasteiger partial charge in [-0.1, -0.05) is 0 Å². The van der Waals surface area contributed by atoms with E-state index in [1.165, 1.54) is 6.26 Å². The predicted octanol–water partition coefficient (Wildman–Crippen LogP) is 2.72. The van der Waals surface area contributed by atoms with E-state index in [0.29, 0.717) is 11.6 Å². The zero-order valence-corrected chi connectivity index (χ0v) is 8.88. The smallest absolute Gasteiger partial charge is 0.169 e. The Hall–Kier alpha value is -1.35. The molecule has 0 aliphatic carbocycles. The van der Waals surface area contributed by atoms with Crippen molar-refractivity contribution in [2.75, 3.05) is 7.05 Å². The van der Waals surface area contributed by atoms with Crippen LogP contribution in [0.2, 0.25) is 0 Å². The van der Waals surface area contributed by atoms with E-state index in [1.54, 1.807) is 12.1 Å². The molecule has 0 saturated carbocycles. The SMILES string of the molecule is CN[C@H](C)Cc1cc(F)c2occc2c1. The molecule has 0 unspecified atom stereocenters. The highest BCUT2D eigenvalue weighted by molar-refractivity contribution is 5.78. The van der Waals surface area contributed by atoms with Crippen molar-refractivity contribution < 1.29 is 8.81 Å². The first-order valence-corrected chi connectivity index (χ1v) is 5.03. The van der Waals surface area contributed by atoms with Gasteiger partial charge in [-0.25, -0.2) is 4.39 Å². The van der Waals surface area contributed by atoms with Crippen LogP contribution < -0.4 is 5.32 Å². The van der Waals surface area contributed by atoms with Gasteiger partial charge in [0.05, 0.1) is 6.26 Å². The molecule has 1 aromatic carbocycles. The Bertz CT molecular complexity index is 464. The molecule has 0 spiro atoms. The molecule has 0 bridgehead atoms. The highest BCUT2D eigenvalue weighted by atomic mass is 19.1. The van der Waals surface area contributed by atoms with Crippen LogP contribution >= 0.6 is 0 Å². The highest BCUT2D eigenvalue weighted by Gasteiger charge is 2.08. The van der Waals surface area contributed by atoms with Crippen LogP contribution in [-0.2, 0) is 6.42 Å². The summed E-state index contributed by atoms with van der Waals surface area (Å²) in [5.74, 6) is -0.282. The molecule has 2 rings (SSSR count). The number of rotatable bonds is 3. The fraction of sp³-hybridized carbons (Fsp3) is 0.333. The maximum atomic E-state index is 13.5. The molecule has 2 aromatic rings. The average Bonchev–Trinajstić information content (AvgIpc) is 2.66. The van der Waals surface area contributed by atoms with Crippen molar-refractivity contribution in [2.24, 2.45) is 0 Å². The van der Waals surface area contributed by atoms with Gasteiger partial charge in [-0.15, -0.1) is 0 Å². The molecular weight excluding hydrogens is 193 g/mol. The number of hydrogen-bond donors (Lipinski definition) is 1. The quantitative estimate of drug-likeness (QED) is 0.837. The van der Waals surface area contributed by atoms with Crippen LogP contribution in [0.5, 0.6) is 0 Å². The van der Waals surface area contributed by atoms with Crippen molar-refractivity contribution in [3.05, 3.63) is 35.8 Å². The molecular formula is C12H14FNO. The maximum absolute atomic E-state index is 13.5. The second-order valence-electron chi connectivity index (χ2n) is 3.81. The molecule has 0 saturated heterocycles. The van der Waals surface area contributed by atoms with Crippen LogP contribution in [-0.4, -0.2) is 13.1 Å². The lowest BCUT2D eigenvalue weighted by Gasteiger charge is -2.09. The Morgan fingerprint density at radius 3 is 3.00 bits per heavy atom. The van der Waals surface area contributed by atoms with Crippen LogP contribution in [0.25, 0.3) is 11.0 Å². The Balaban J connectivity index is 2.36. The summed E-state index contributed by atoms with van der Waals surface area (Å²) in [6.45, 7) is 2.07. The van der Waals surface area contributed by atoms with E-state index < -0.39 is 0 Å². The first kappa shape index (κ1) is 10.2. The number of fused-ring (bicyclic) bond motifs is 1. The summed E-state index contributed by atoms with van der Waals surface area (Å²) in [6, 6.07) is 5.63. The average molecular weight is 207 g/mol. The van der Waals surface area contributed by atoms with Crippen molar-refractivity contribution in [1.82, 2.24) is 5.32 Å². The number of hydrogen-bond acceptors (Lipinski definition) is 2. The summed E-state index contributed by atoms with van der Waals surface area (Å²) >= 11 is 0. The molecule has 0 amide bonds. The van der Waals surface area contributed by atoms with Gasteiger partial charge < -0.3 is 9.73 Å². The third kappa shape index (κ3) is 2.02. The lowest BCUT2D eigenvalue weighted by molar-refractivity contribution is 0.556. The van der Waals surface area contributed by atoms with Crippen molar-refractivity contribution in [1.29, 1.82) is 0 Å². The summed E-state index contributed by atoms with van der Waals surface area (Å²) < 4.78 is 18.6. The highest BCUT2D eigenvalue weighted by Crippen LogP contribution is 2.21. The molecule has 80 valence electrons. The molecule has 0 aliphatic heterocycles. The minimum absolute atomic E-state index is 0.282. The van der Waals surface area contributed by atoms with Gasteiger partial charge in [-0.05, 0) is 44.2 Å². The molecule has 0 aliphatic rings. The lowest BCUT2D eigenvalue weighted by Crippen LogP contribution is -2.23. The largest absolute Gasteiger partial charge is 0.461 e. The molecule has 1 N–H and O–H groups in total. The Morgan fingerprint density at radius 1 is 1.47 bits per heavy atom. The van der Waals surface area contributed by atoms with Crippen molar-refractivity contribution in [2.45, 2.75) is 19.4 Å². The van der Waals surface area contributed by atoms with E-state index in [-0.39, 0.29) is 5.82 Å². The summed E-state index contributed by atoms with van der Waals surface area (Å²) in [6.07, 6.45) is 2.33. The Kier molecular flexibility index (Phi) is 2.73. The number of likely N-dealkylation sites (N-methyl/N-ethyl adjacent to an activating group) is 1. The van der Waals surface area contributed by atoms with Crippen LogP contribution in [0.4, 0.5) is 4.39 Å². The van der Waals surface area contributed by atoms with Gasteiger partial charge in [0.1, 0.15) is 0 Å². The van der Waals surface area contributed by atoms with Crippen molar-refractivity contribution in [3.8, 4) is 0 Å². The fourth-order valence-electron chi connectivity index (χ4n) is 1.67. The van der Waals surface area contributed by atoms with Gasteiger partial charge in [0.25, 0.3) is 0 Å². The lowest BCUT2D eigenvalue weighted by atomic mass is 10.1. The number of benzene rings is 1. The first-order chi connectivity index (χ1) is 7.20. The first-order valence-electron chi connectivity index (χ1n) is 5.03. The molecule has 0 radical (unpaired) electrons. The van der Waals surface area contributed by atoms with E-state index >= 15 is 0 Å². The van der Waals surface area contributed by atoms with Crippen molar-refractivity contribution >= 4 is 11.0 Å². The normalized spacial score (nSPS) is 13.3.